The molecule has 0 rings (SSSR count). The molecule has 0 saturated heterocycles. The Kier molecular flexibility index (Phi) is 169. The Morgan fingerprint density at radius 2 is 1.60 bits per heavy atom. The SMILES string of the molecule is C=O.O=C=S. The van der Waals surface area contributed by atoms with Gasteiger partial charge in [-0.15, -0.1) is 0 Å². The maximum absolute atomic E-state index is 8.50. The molecule has 0 saturated carbocycles. The van der Waals surface area contributed by atoms with Crippen molar-refractivity contribution in [3.05, 3.63) is 0 Å². The van der Waals surface area contributed by atoms with Gasteiger partial charge in [-0.25, -0.2) is 4.79 Å². The molecule has 0 bridgehead atoms. The van der Waals surface area contributed by atoms with Crippen LogP contribution >= 0.6 is 12.2 Å². The first-order valence-electron chi connectivity index (χ1n) is 0.697. The van der Waals surface area contributed by atoms with Gasteiger partial charge in [0.2, 0.25) is 5.23 Å². The van der Waals surface area contributed by atoms with Crippen molar-refractivity contribution >= 4 is 24.2 Å². The van der Waals surface area contributed by atoms with Gasteiger partial charge in [0.15, 0.2) is 0 Å². The van der Waals surface area contributed by atoms with Crippen molar-refractivity contribution in [2.75, 3.05) is 0 Å². The summed E-state index contributed by atoms with van der Waals surface area (Å²) in [6.45, 7) is 2.00. The lowest BCUT2D eigenvalue weighted by Crippen LogP contribution is -1.08. The summed E-state index contributed by atoms with van der Waals surface area (Å²) in [6, 6.07) is 0. The van der Waals surface area contributed by atoms with E-state index in [0.29, 0.717) is 0 Å². The highest BCUT2D eigenvalue weighted by molar-refractivity contribution is 7.78. The van der Waals surface area contributed by atoms with Crippen molar-refractivity contribution in [3.8, 4) is 0 Å². The molecule has 0 amide bonds. The fraction of sp³-hybridized carbons (Fsp3) is 0. The molecule has 0 aromatic carbocycles. The number of carbonyl (C=O) groups excluding carboxylic acids is 2. The highest BCUT2D eigenvalue weighted by Crippen LogP contribution is 1.14. The Morgan fingerprint density at radius 1 is 1.60 bits per heavy atom. The number of hydrogen-bond donors (Lipinski definition) is 0. The van der Waals surface area contributed by atoms with Crippen LogP contribution in [0.5, 0.6) is 0 Å². The molecular formula is C2H2O2S. The molecule has 0 aromatic rings. The number of rotatable bonds is 0. The van der Waals surface area contributed by atoms with Gasteiger partial charge in [0.05, 0.1) is 0 Å². The zero-order chi connectivity index (χ0) is 4.71. The summed E-state index contributed by atoms with van der Waals surface area (Å²) < 4.78 is 0. The van der Waals surface area contributed by atoms with Crippen molar-refractivity contribution in [3.63, 3.8) is 0 Å². The van der Waals surface area contributed by atoms with E-state index in [1.165, 1.54) is 0 Å². The second-order valence-corrected chi connectivity index (χ2v) is 0.250. The molecule has 0 fully saturated rings. The molecule has 0 radical (unpaired) electrons. The van der Waals surface area contributed by atoms with E-state index in [9.17, 15) is 0 Å². The van der Waals surface area contributed by atoms with Gasteiger partial charge in [-0.3, -0.25) is 0 Å². The minimum absolute atomic E-state index is 1.08. The third-order valence-corrected chi connectivity index (χ3v) is 0. The van der Waals surface area contributed by atoms with Crippen LogP contribution in [-0.2, 0) is 9.59 Å². The first-order valence-corrected chi connectivity index (χ1v) is 1.11. The van der Waals surface area contributed by atoms with E-state index in [4.69, 9.17) is 9.59 Å². The van der Waals surface area contributed by atoms with Crippen LogP contribution in [0.25, 0.3) is 0 Å². The third-order valence-electron chi connectivity index (χ3n) is 0. The minimum Gasteiger partial charge on any atom is -0.307 e. The molecule has 5 heavy (non-hydrogen) atoms. The van der Waals surface area contributed by atoms with Gasteiger partial charge in [0.1, 0.15) is 6.79 Å². The summed E-state index contributed by atoms with van der Waals surface area (Å²) in [5.74, 6) is 0. The zero-order valence-electron chi connectivity index (χ0n) is 2.43. The fourth-order valence-corrected chi connectivity index (χ4v) is 0. The van der Waals surface area contributed by atoms with Crippen LogP contribution in [0.4, 0.5) is 0 Å². The summed E-state index contributed by atoms with van der Waals surface area (Å²) >= 11 is 3.59. The first-order chi connectivity index (χ1) is 2.41. The van der Waals surface area contributed by atoms with E-state index in [-0.39, 0.29) is 0 Å². The lowest BCUT2D eigenvalue weighted by molar-refractivity contribution is -0.0979. The van der Waals surface area contributed by atoms with Gasteiger partial charge in [-0.2, -0.15) is 0 Å². The summed E-state index contributed by atoms with van der Waals surface area (Å²) in [5, 5.41) is 1.08. The summed E-state index contributed by atoms with van der Waals surface area (Å²) in [4.78, 5) is 16.5. The number of hydrogen-bond acceptors (Lipinski definition) is 3. The van der Waals surface area contributed by atoms with Gasteiger partial charge in [-0.05, 0) is 0 Å². The molecular weight excluding hydrogens is 88.1 g/mol. The molecule has 0 aromatic heterocycles. The lowest BCUT2D eigenvalue weighted by Gasteiger charge is -0.970. The topological polar surface area (TPSA) is 34.1 Å². The molecule has 3 heteroatoms. The van der Waals surface area contributed by atoms with E-state index < -0.39 is 0 Å². The molecule has 2 nitrogen and oxygen atoms in total. The lowest BCUT2D eigenvalue weighted by atomic mass is 11.9. The molecule has 0 atom stereocenters. The van der Waals surface area contributed by atoms with Crippen LogP contribution in [-0.4, -0.2) is 12.0 Å². The van der Waals surface area contributed by atoms with Crippen LogP contribution in [0.15, 0.2) is 0 Å². The van der Waals surface area contributed by atoms with Crippen LogP contribution in [0.2, 0.25) is 0 Å². The molecule has 0 spiro atoms. The molecule has 0 aliphatic rings. The van der Waals surface area contributed by atoms with E-state index in [0.717, 1.165) is 5.23 Å². The largest absolute Gasteiger partial charge is 0.307 e. The minimum atomic E-state index is 1.08. The van der Waals surface area contributed by atoms with Crippen LogP contribution in [0.3, 0.4) is 0 Å². The summed E-state index contributed by atoms with van der Waals surface area (Å²) in [7, 11) is 0. The highest BCUT2D eigenvalue weighted by atomic mass is 32.1. The Labute approximate surface area is 34.8 Å². The molecule has 0 heterocycles. The molecule has 28 valence electrons. The van der Waals surface area contributed by atoms with Crippen molar-refractivity contribution in [1.82, 2.24) is 0 Å². The Morgan fingerprint density at radius 3 is 1.60 bits per heavy atom. The van der Waals surface area contributed by atoms with Crippen LogP contribution in [0.1, 0.15) is 0 Å². The van der Waals surface area contributed by atoms with Gasteiger partial charge < -0.3 is 4.79 Å². The maximum Gasteiger partial charge on any atom is 0.202 e. The number of thiocarbonyl (C=S) groups is 1. The van der Waals surface area contributed by atoms with Gasteiger partial charge in [0, 0.05) is 12.2 Å². The Bertz CT molecular complexity index is 36.9. The quantitative estimate of drug-likeness (QED) is 0.394. The average Bonchev–Trinajstić information content (AvgIpc) is 1.46. The van der Waals surface area contributed by atoms with Crippen molar-refractivity contribution < 1.29 is 9.59 Å². The van der Waals surface area contributed by atoms with E-state index in [1.807, 2.05) is 6.79 Å². The van der Waals surface area contributed by atoms with E-state index in [1.54, 1.807) is 0 Å². The number of carbonyl (C=O) groups is 1. The molecule has 0 aliphatic heterocycles. The average molecular weight is 90.1 g/mol. The van der Waals surface area contributed by atoms with Gasteiger partial charge >= 0.3 is 0 Å². The monoisotopic (exact) mass is 90.0 g/mol. The first kappa shape index (κ1) is 8.82. The van der Waals surface area contributed by atoms with Crippen molar-refractivity contribution in [2.45, 2.75) is 0 Å². The third kappa shape index (κ3) is 26.7. The predicted molar refractivity (Wildman–Crippen MR) is 20.4 cm³/mol. The summed E-state index contributed by atoms with van der Waals surface area (Å²) in [5.41, 5.74) is 0. The Hall–Kier alpha value is -0.530. The van der Waals surface area contributed by atoms with Gasteiger partial charge in [0.25, 0.3) is 0 Å². The van der Waals surface area contributed by atoms with E-state index >= 15 is 0 Å². The predicted octanol–water partition coefficient (Wildman–Crippen LogP) is 0.0662. The molecule has 0 N–H and O–H groups in total. The standard InChI is InChI=1S/COS.CH2O/c2-1-3;1-2/h;1H2. The second kappa shape index (κ2) is 95.8. The Balaban J connectivity index is 0. The summed E-state index contributed by atoms with van der Waals surface area (Å²) in [6.07, 6.45) is 0. The normalized spacial score (nSPS) is 2.40. The van der Waals surface area contributed by atoms with Crippen LogP contribution in [0, 0.1) is 0 Å². The van der Waals surface area contributed by atoms with E-state index in [2.05, 4.69) is 12.2 Å². The molecule has 0 aliphatic carbocycles. The fourth-order valence-electron chi connectivity index (χ4n) is 0. The van der Waals surface area contributed by atoms with Crippen LogP contribution < -0.4 is 0 Å². The smallest absolute Gasteiger partial charge is 0.202 e. The van der Waals surface area contributed by atoms with Crippen molar-refractivity contribution in [2.24, 2.45) is 0 Å². The maximum atomic E-state index is 8.50. The van der Waals surface area contributed by atoms with Gasteiger partial charge in [-0.1, -0.05) is 0 Å². The van der Waals surface area contributed by atoms with Crippen molar-refractivity contribution in [1.29, 1.82) is 0 Å². The molecule has 0 unspecified atom stereocenters. The zero-order valence-corrected chi connectivity index (χ0v) is 3.25. The second-order valence-electron chi connectivity index (χ2n) is 0.0833. The highest BCUT2D eigenvalue weighted by Gasteiger charge is 1.07.